The van der Waals surface area contributed by atoms with E-state index in [1.165, 1.54) is 6.08 Å². The van der Waals surface area contributed by atoms with Gasteiger partial charge in [-0.15, -0.1) is 19.8 Å². The largest absolute Gasteiger partial charge is 0.523 e. The van der Waals surface area contributed by atoms with E-state index >= 15 is 0 Å². The predicted molar refractivity (Wildman–Crippen MR) is 84.5 cm³/mol. The van der Waals surface area contributed by atoms with Gasteiger partial charge in [0, 0.05) is 11.1 Å². The molecule has 0 saturated heterocycles. The molecular weight excluding hydrogens is 301 g/mol. The monoisotopic (exact) mass is 318 g/mol. The number of benzene rings is 1. The Bertz CT molecular complexity index is 659. The molecule has 2 rings (SSSR count). The molecule has 0 amide bonds. The summed E-state index contributed by atoms with van der Waals surface area (Å²) in [6, 6.07) is 9.41. The molecule has 0 aromatic heterocycles. The van der Waals surface area contributed by atoms with Crippen LogP contribution in [-0.4, -0.2) is 12.0 Å². The Labute approximate surface area is 134 Å². The van der Waals surface area contributed by atoms with Crippen molar-refractivity contribution >= 4 is 0 Å². The smallest absolute Gasteiger partial charge is 0.281 e. The Morgan fingerprint density at radius 2 is 1.96 bits per heavy atom. The van der Waals surface area contributed by atoms with Gasteiger partial charge in [-0.1, -0.05) is 48.3 Å². The van der Waals surface area contributed by atoms with Gasteiger partial charge in [0.15, 0.2) is 0 Å². The van der Waals surface area contributed by atoms with Crippen molar-refractivity contribution < 1.29 is 17.9 Å². The normalized spacial score (nSPS) is 20.4. The van der Waals surface area contributed by atoms with Crippen molar-refractivity contribution in [3.63, 3.8) is 0 Å². The van der Waals surface area contributed by atoms with Gasteiger partial charge in [0.05, 0.1) is 5.60 Å². The number of allylic oxidation sites excluding steroid dienone is 3. The minimum Gasteiger partial charge on any atom is -0.281 e. The molecule has 0 spiro atoms. The summed E-state index contributed by atoms with van der Waals surface area (Å²) in [5.74, 6) is 5.95. The molecule has 1 aromatic rings. The second-order valence-corrected chi connectivity index (χ2v) is 5.25. The van der Waals surface area contributed by atoms with Gasteiger partial charge in [0.1, 0.15) is 0 Å². The van der Waals surface area contributed by atoms with E-state index in [2.05, 4.69) is 23.2 Å². The molecule has 0 heterocycles. The van der Waals surface area contributed by atoms with Crippen LogP contribution in [0.4, 0.5) is 13.2 Å². The Kier molecular flexibility index (Phi) is 5.46. The van der Waals surface area contributed by atoms with Gasteiger partial charge >= 0.3 is 6.36 Å². The highest BCUT2D eigenvalue weighted by molar-refractivity contribution is 5.47. The van der Waals surface area contributed by atoms with Gasteiger partial charge < -0.3 is 0 Å². The second kappa shape index (κ2) is 7.34. The van der Waals surface area contributed by atoms with Gasteiger partial charge in [-0.05, 0) is 37.5 Å². The lowest BCUT2D eigenvalue weighted by Gasteiger charge is -2.32. The van der Waals surface area contributed by atoms with E-state index in [1.807, 2.05) is 30.3 Å². The third kappa shape index (κ3) is 5.46. The van der Waals surface area contributed by atoms with Crippen LogP contribution in [-0.2, 0) is 4.74 Å². The molecule has 1 nitrogen and oxygen atoms in total. The quantitative estimate of drug-likeness (QED) is 0.550. The molecular formula is C19H17F3O. The average molecular weight is 318 g/mol. The first-order valence-electron chi connectivity index (χ1n) is 7.27. The zero-order valence-corrected chi connectivity index (χ0v) is 12.6. The fourth-order valence-electron chi connectivity index (χ4n) is 2.31. The molecule has 1 atom stereocenters. The first kappa shape index (κ1) is 17.1. The molecule has 1 aliphatic carbocycles. The Morgan fingerprint density at radius 1 is 1.22 bits per heavy atom. The van der Waals surface area contributed by atoms with E-state index in [0.717, 1.165) is 5.56 Å². The van der Waals surface area contributed by atoms with Gasteiger partial charge in [-0.25, -0.2) is 0 Å². The number of hydrogen-bond acceptors (Lipinski definition) is 1. The van der Waals surface area contributed by atoms with Crippen molar-refractivity contribution in [2.24, 2.45) is 0 Å². The Hall–Kier alpha value is -2.25. The second-order valence-electron chi connectivity index (χ2n) is 5.25. The molecule has 1 unspecified atom stereocenters. The highest BCUT2D eigenvalue weighted by Gasteiger charge is 2.41. The van der Waals surface area contributed by atoms with Crippen LogP contribution in [0.25, 0.3) is 0 Å². The van der Waals surface area contributed by atoms with Crippen LogP contribution in [0, 0.1) is 11.8 Å². The van der Waals surface area contributed by atoms with Crippen LogP contribution in [0.15, 0.2) is 66.8 Å². The molecule has 120 valence electrons. The minimum absolute atomic E-state index is 0.135. The van der Waals surface area contributed by atoms with E-state index in [-0.39, 0.29) is 12.8 Å². The molecule has 23 heavy (non-hydrogen) atoms. The molecule has 0 fully saturated rings. The minimum atomic E-state index is -4.67. The molecule has 1 aliphatic rings. The standard InChI is InChI=1S/C19H17F3O/c1-2-3-13-18(23-19(20,21)22)14-11-17(12-15-18)10-9-16-7-5-4-6-8-16/h2,4-8,11-12,14H,1,3,13,15H2. The van der Waals surface area contributed by atoms with Crippen molar-refractivity contribution in [3.05, 3.63) is 72.4 Å². The lowest BCUT2D eigenvalue weighted by molar-refractivity contribution is -0.358. The van der Waals surface area contributed by atoms with Crippen LogP contribution in [0.5, 0.6) is 0 Å². The molecule has 1 aromatic carbocycles. The van der Waals surface area contributed by atoms with Crippen molar-refractivity contribution in [2.45, 2.75) is 31.2 Å². The summed E-state index contributed by atoms with van der Waals surface area (Å²) < 4.78 is 42.3. The third-order valence-electron chi connectivity index (χ3n) is 3.45. The summed E-state index contributed by atoms with van der Waals surface area (Å²) in [6.07, 6.45) is 2.45. The molecule has 0 radical (unpaired) electrons. The fourth-order valence-corrected chi connectivity index (χ4v) is 2.31. The van der Waals surface area contributed by atoms with Crippen LogP contribution < -0.4 is 0 Å². The van der Waals surface area contributed by atoms with Crippen LogP contribution in [0.1, 0.15) is 24.8 Å². The van der Waals surface area contributed by atoms with Crippen LogP contribution in [0.2, 0.25) is 0 Å². The fraction of sp³-hybridized carbons (Fsp3) is 0.263. The van der Waals surface area contributed by atoms with Crippen LogP contribution in [0.3, 0.4) is 0 Å². The highest BCUT2D eigenvalue weighted by Crippen LogP contribution is 2.35. The van der Waals surface area contributed by atoms with E-state index in [0.29, 0.717) is 12.0 Å². The van der Waals surface area contributed by atoms with E-state index < -0.39 is 12.0 Å². The zero-order chi connectivity index (χ0) is 16.8. The first-order valence-corrected chi connectivity index (χ1v) is 7.27. The van der Waals surface area contributed by atoms with Gasteiger partial charge in [-0.3, -0.25) is 4.74 Å². The Morgan fingerprint density at radius 3 is 2.52 bits per heavy atom. The Balaban J connectivity index is 2.12. The number of hydrogen-bond donors (Lipinski definition) is 0. The predicted octanol–water partition coefficient (Wildman–Crippen LogP) is 5.17. The number of ether oxygens (including phenoxy) is 1. The van der Waals surface area contributed by atoms with Gasteiger partial charge in [0.25, 0.3) is 0 Å². The van der Waals surface area contributed by atoms with Gasteiger partial charge in [-0.2, -0.15) is 0 Å². The van der Waals surface area contributed by atoms with E-state index in [9.17, 15) is 13.2 Å². The molecule has 0 saturated carbocycles. The van der Waals surface area contributed by atoms with Crippen molar-refractivity contribution in [1.29, 1.82) is 0 Å². The average Bonchev–Trinajstić information content (AvgIpc) is 2.52. The maximum Gasteiger partial charge on any atom is 0.523 e. The number of halogens is 3. The molecule has 4 heteroatoms. The lowest BCUT2D eigenvalue weighted by Crippen LogP contribution is -2.37. The number of alkyl halides is 3. The SMILES string of the molecule is C=CCCC1(OC(F)(F)F)C=CC(C#Cc2ccccc2)=CC1. The van der Waals surface area contributed by atoms with Crippen molar-refractivity contribution in [3.8, 4) is 11.8 Å². The van der Waals surface area contributed by atoms with E-state index in [1.54, 1.807) is 18.2 Å². The first-order chi connectivity index (χ1) is 10.9. The zero-order valence-electron chi connectivity index (χ0n) is 12.6. The summed E-state index contributed by atoms with van der Waals surface area (Å²) in [4.78, 5) is 0. The maximum atomic E-state index is 12.6. The highest BCUT2D eigenvalue weighted by atomic mass is 19.4. The summed E-state index contributed by atoms with van der Waals surface area (Å²) in [7, 11) is 0. The van der Waals surface area contributed by atoms with E-state index in [4.69, 9.17) is 0 Å². The number of rotatable bonds is 4. The third-order valence-corrected chi connectivity index (χ3v) is 3.45. The summed E-state index contributed by atoms with van der Waals surface area (Å²) in [6.45, 7) is 3.55. The molecule has 0 bridgehead atoms. The summed E-state index contributed by atoms with van der Waals surface area (Å²) >= 11 is 0. The maximum absolute atomic E-state index is 12.6. The topological polar surface area (TPSA) is 9.23 Å². The molecule has 0 aliphatic heterocycles. The van der Waals surface area contributed by atoms with Crippen molar-refractivity contribution in [2.75, 3.05) is 0 Å². The molecule has 0 N–H and O–H groups in total. The summed E-state index contributed by atoms with van der Waals surface area (Å²) in [5, 5.41) is 0. The van der Waals surface area contributed by atoms with Gasteiger partial charge in [0.2, 0.25) is 0 Å². The summed E-state index contributed by atoms with van der Waals surface area (Å²) in [5.41, 5.74) is 0.176. The lowest BCUT2D eigenvalue weighted by atomic mass is 9.87. The van der Waals surface area contributed by atoms with Crippen molar-refractivity contribution in [1.82, 2.24) is 0 Å². The van der Waals surface area contributed by atoms with Crippen LogP contribution >= 0.6 is 0 Å².